The van der Waals surface area contributed by atoms with Crippen LogP contribution in [0.2, 0.25) is 5.02 Å². The molecule has 2 saturated heterocycles. The molecule has 0 saturated carbocycles. The van der Waals surface area contributed by atoms with E-state index < -0.39 is 35.1 Å². The zero-order valence-electron chi connectivity index (χ0n) is 19.5. The fourth-order valence-corrected chi connectivity index (χ4v) is 5.75. The van der Waals surface area contributed by atoms with Gasteiger partial charge in [0.25, 0.3) is 11.1 Å². The molecule has 2 fully saturated rings. The molecule has 6 nitrogen and oxygen atoms in total. The number of aryl methyl sites for hydroxylation is 1. The molecule has 12 heteroatoms. The van der Waals surface area contributed by atoms with E-state index >= 15 is 0 Å². The van der Waals surface area contributed by atoms with Crippen LogP contribution in [0.15, 0.2) is 41.3 Å². The quantitative estimate of drug-likeness (QED) is 0.327. The van der Waals surface area contributed by atoms with Crippen molar-refractivity contribution in [2.75, 3.05) is 13.1 Å². The summed E-state index contributed by atoms with van der Waals surface area (Å²) in [4.78, 5) is 26.7. The highest BCUT2D eigenvalue weighted by atomic mass is 35.5. The van der Waals surface area contributed by atoms with E-state index in [9.17, 15) is 27.2 Å². The van der Waals surface area contributed by atoms with Crippen LogP contribution in [0.25, 0.3) is 17.0 Å². The van der Waals surface area contributed by atoms with Crippen LogP contribution in [0.5, 0.6) is 0 Å². The molecule has 5 rings (SSSR count). The van der Waals surface area contributed by atoms with Crippen LogP contribution >= 0.6 is 23.4 Å². The molecule has 3 aromatic rings. The lowest BCUT2D eigenvalue weighted by Gasteiger charge is -2.32. The average molecular weight is 553 g/mol. The van der Waals surface area contributed by atoms with Crippen LogP contribution in [0.4, 0.5) is 22.4 Å². The number of hydrogen-bond donors (Lipinski definition) is 1. The maximum Gasteiger partial charge on any atom is 0.416 e. The third-order valence-corrected chi connectivity index (χ3v) is 7.60. The van der Waals surface area contributed by atoms with Crippen LogP contribution in [0.1, 0.15) is 28.8 Å². The molecule has 0 spiro atoms. The zero-order chi connectivity index (χ0) is 26.5. The Hall–Kier alpha value is -2.89. The summed E-state index contributed by atoms with van der Waals surface area (Å²) in [5.41, 5.74) is 1.03. The zero-order valence-corrected chi connectivity index (χ0v) is 21.1. The number of carbonyl (C=O) groups is 2. The number of piperidine rings is 1. The monoisotopic (exact) mass is 552 g/mol. The minimum atomic E-state index is -4.56. The second-order valence-electron chi connectivity index (χ2n) is 8.95. The summed E-state index contributed by atoms with van der Waals surface area (Å²) >= 11 is 6.56. The number of thioether (sulfide) groups is 1. The Labute approximate surface area is 218 Å². The number of carbonyl (C=O) groups excluding carboxylic acids is 2. The summed E-state index contributed by atoms with van der Waals surface area (Å²) in [6.45, 7) is 2.23. The maximum atomic E-state index is 14.4. The van der Waals surface area contributed by atoms with Crippen molar-refractivity contribution in [1.82, 2.24) is 20.0 Å². The van der Waals surface area contributed by atoms with Crippen molar-refractivity contribution in [1.29, 1.82) is 0 Å². The van der Waals surface area contributed by atoms with Crippen LogP contribution < -0.4 is 5.32 Å². The maximum absolute atomic E-state index is 14.4. The smallest absolute Gasteiger partial charge is 0.314 e. The van der Waals surface area contributed by atoms with E-state index in [1.807, 2.05) is 0 Å². The summed E-state index contributed by atoms with van der Waals surface area (Å²) in [5, 5.41) is 7.52. The van der Waals surface area contributed by atoms with Gasteiger partial charge >= 0.3 is 6.18 Å². The standard InChI is InChI=1S/C25H21ClF4N4O2S/c1-13-17-8-14(9-22-23(35)34(24(36)37-22)21-6-7-31-11-19(21)27)2-5-20(17)33(32-13)12-15-3-4-16(26)10-18(15)25(28,29)30/h2-5,8-10,19,21,31H,6-7,11-12H2,1H3/t19-,21-/m1/s1. The highest BCUT2D eigenvalue weighted by molar-refractivity contribution is 8.18. The Kier molecular flexibility index (Phi) is 6.80. The Morgan fingerprint density at radius 3 is 2.73 bits per heavy atom. The highest BCUT2D eigenvalue weighted by Crippen LogP contribution is 2.37. The second kappa shape index (κ2) is 9.77. The first kappa shape index (κ1) is 25.7. The van der Waals surface area contributed by atoms with E-state index in [1.54, 1.807) is 31.2 Å². The van der Waals surface area contributed by atoms with Gasteiger partial charge in [0.2, 0.25) is 0 Å². The number of fused-ring (bicyclic) bond motifs is 1. The molecule has 1 N–H and O–H groups in total. The number of alkyl halides is 4. The van der Waals surface area contributed by atoms with E-state index in [2.05, 4.69) is 10.4 Å². The molecular formula is C25H21ClF4N4O2S. The van der Waals surface area contributed by atoms with Crippen molar-refractivity contribution in [3.63, 3.8) is 0 Å². The third-order valence-electron chi connectivity index (χ3n) is 6.48. The van der Waals surface area contributed by atoms with E-state index in [1.165, 1.54) is 16.8 Å². The minimum Gasteiger partial charge on any atom is -0.314 e. The Morgan fingerprint density at radius 2 is 2.00 bits per heavy atom. The summed E-state index contributed by atoms with van der Waals surface area (Å²) in [6.07, 6.45) is -3.98. The molecule has 0 unspecified atom stereocenters. The molecule has 194 valence electrons. The molecule has 2 aliphatic rings. The van der Waals surface area contributed by atoms with Crippen molar-refractivity contribution in [2.24, 2.45) is 0 Å². The number of hydrogen-bond acceptors (Lipinski definition) is 5. The van der Waals surface area contributed by atoms with Crippen LogP contribution in [0.3, 0.4) is 0 Å². The summed E-state index contributed by atoms with van der Waals surface area (Å²) in [7, 11) is 0. The molecule has 3 heterocycles. The molecule has 0 bridgehead atoms. The van der Waals surface area contributed by atoms with E-state index in [0.29, 0.717) is 35.1 Å². The van der Waals surface area contributed by atoms with Gasteiger partial charge in [-0.1, -0.05) is 23.7 Å². The minimum absolute atomic E-state index is 0.00572. The van der Waals surface area contributed by atoms with Gasteiger partial charge in [0.05, 0.1) is 34.3 Å². The third kappa shape index (κ3) is 4.99. The van der Waals surface area contributed by atoms with Crippen molar-refractivity contribution >= 4 is 51.5 Å². The largest absolute Gasteiger partial charge is 0.416 e. The average Bonchev–Trinajstić information content (AvgIpc) is 3.29. The molecular weight excluding hydrogens is 532 g/mol. The Bertz CT molecular complexity index is 1440. The normalized spacial score (nSPS) is 22.0. The Morgan fingerprint density at radius 1 is 1.22 bits per heavy atom. The summed E-state index contributed by atoms with van der Waals surface area (Å²) < 4.78 is 56.5. The topological polar surface area (TPSA) is 67.2 Å². The predicted octanol–water partition coefficient (Wildman–Crippen LogP) is 5.80. The van der Waals surface area contributed by atoms with Gasteiger partial charge in [-0.05, 0) is 73.1 Å². The fourth-order valence-electron chi connectivity index (χ4n) is 4.69. The lowest BCUT2D eigenvalue weighted by atomic mass is 10.0. The number of rotatable bonds is 4. The lowest BCUT2D eigenvalue weighted by molar-refractivity contribution is -0.138. The molecule has 2 atom stereocenters. The predicted molar refractivity (Wildman–Crippen MR) is 134 cm³/mol. The number of nitrogens with zero attached hydrogens (tertiary/aromatic N) is 3. The molecule has 0 aliphatic carbocycles. The van der Waals surface area contributed by atoms with Gasteiger partial charge in [-0.2, -0.15) is 18.3 Å². The number of imide groups is 1. The first-order valence-electron chi connectivity index (χ1n) is 11.5. The van der Waals surface area contributed by atoms with Gasteiger partial charge in [0.1, 0.15) is 6.17 Å². The van der Waals surface area contributed by atoms with Gasteiger partial charge in [0.15, 0.2) is 0 Å². The molecule has 0 radical (unpaired) electrons. The number of amides is 2. The SMILES string of the molecule is Cc1nn(Cc2ccc(Cl)cc2C(F)(F)F)c2ccc(C=C3SC(=O)N([C@@H]4CCNC[C@H]4F)C3=O)cc12. The Balaban J connectivity index is 1.44. The van der Waals surface area contributed by atoms with Crippen molar-refractivity contribution < 1.29 is 27.2 Å². The van der Waals surface area contributed by atoms with Gasteiger partial charge in [0, 0.05) is 17.0 Å². The first-order chi connectivity index (χ1) is 17.5. The number of benzene rings is 2. The van der Waals surface area contributed by atoms with E-state index in [4.69, 9.17) is 11.6 Å². The summed E-state index contributed by atoms with van der Waals surface area (Å²) in [6, 6.07) is 8.01. The number of nitrogens with one attached hydrogen (secondary N) is 1. The molecule has 37 heavy (non-hydrogen) atoms. The van der Waals surface area contributed by atoms with Crippen LogP contribution in [-0.2, 0) is 17.5 Å². The second-order valence-corrected chi connectivity index (χ2v) is 10.4. The molecule has 1 aromatic heterocycles. The highest BCUT2D eigenvalue weighted by Gasteiger charge is 2.43. The van der Waals surface area contributed by atoms with Gasteiger partial charge < -0.3 is 5.32 Å². The molecule has 2 aromatic carbocycles. The number of halogens is 5. The van der Waals surface area contributed by atoms with Crippen LogP contribution in [0, 0.1) is 6.92 Å². The van der Waals surface area contributed by atoms with Gasteiger partial charge in [-0.25, -0.2) is 4.39 Å². The van der Waals surface area contributed by atoms with E-state index in [-0.39, 0.29) is 28.6 Å². The van der Waals surface area contributed by atoms with Crippen molar-refractivity contribution in [3.8, 4) is 0 Å². The molecule has 2 amide bonds. The van der Waals surface area contributed by atoms with Gasteiger partial charge in [-0.15, -0.1) is 0 Å². The summed E-state index contributed by atoms with van der Waals surface area (Å²) in [5.74, 6) is -0.528. The van der Waals surface area contributed by atoms with Crippen molar-refractivity contribution in [2.45, 2.75) is 38.3 Å². The van der Waals surface area contributed by atoms with Crippen LogP contribution in [-0.4, -0.2) is 51.1 Å². The first-order valence-corrected chi connectivity index (χ1v) is 12.7. The van der Waals surface area contributed by atoms with Gasteiger partial charge in [-0.3, -0.25) is 19.2 Å². The number of aromatic nitrogens is 2. The lowest BCUT2D eigenvalue weighted by Crippen LogP contribution is -2.52. The molecule has 2 aliphatic heterocycles. The van der Waals surface area contributed by atoms with E-state index in [0.717, 1.165) is 22.7 Å². The van der Waals surface area contributed by atoms with Crippen molar-refractivity contribution in [3.05, 3.63) is 68.7 Å². The fraction of sp³-hybridized carbons (Fsp3) is 0.320.